The summed E-state index contributed by atoms with van der Waals surface area (Å²) in [5.74, 6) is 0. The van der Waals surface area contributed by atoms with E-state index in [0.717, 1.165) is 13.0 Å². The van der Waals surface area contributed by atoms with Gasteiger partial charge in [0.05, 0.1) is 13.2 Å². The van der Waals surface area contributed by atoms with E-state index in [1.165, 1.54) is 25.7 Å². The maximum Gasteiger partial charge on any atom is 0.158 e. The largest absolute Gasteiger partial charge is 0.379 e. The summed E-state index contributed by atoms with van der Waals surface area (Å²) in [4.78, 5) is 0. The fourth-order valence-electron chi connectivity index (χ4n) is 1.73. The third-order valence-electron chi connectivity index (χ3n) is 2.61. The van der Waals surface area contributed by atoms with Crippen LogP contribution in [0.5, 0.6) is 0 Å². The van der Waals surface area contributed by atoms with Crippen LogP contribution in [0, 0.1) is 0 Å². The molecule has 1 aliphatic heterocycles. The van der Waals surface area contributed by atoms with Crippen molar-refractivity contribution in [3.63, 3.8) is 0 Å². The average Bonchev–Trinajstić information content (AvgIpc) is 2.69. The zero-order chi connectivity index (χ0) is 10.9. The van der Waals surface area contributed by atoms with E-state index in [9.17, 15) is 0 Å². The molecule has 0 N–H and O–H groups in total. The molecule has 3 nitrogen and oxygen atoms in total. The Kier molecular flexibility index (Phi) is 6.98. The summed E-state index contributed by atoms with van der Waals surface area (Å²) in [7, 11) is 0. The van der Waals surface area contributed by atoms with Crippen molar-refractivity contribution in [1.29, 1.82) is 0 Å². The lowest BCUT2D eigenvalue weighted by molar-refractivity contribution is -0.0753. The lowest BCUT2D eigenvalue weighted by Crippen LogP contribution is -2.18. The second-order valence-corrected chi connectivity index (χ2v) is 4.03. The number of ether oxygens (including phenoxy) is 3. The maximum absolute atomic E-state index is 5.70. The molecule has 1 saturated heterocycles. The first-order valence-corrected chi connectivity index (χ1v) is 6.21. The minimum Gasteiger partial charge on any atom is -0.379 e. The van der Waals surface area contributed by atoms with Gasteiger partial charge in [-0.05, 0) is 19.8 Å². The molecule has 0 spiro atoms. The molecule has 1 fully saturated rings. The SMILES string of the molecule is CCCCCC[C@H]1OC[C@H](COCC)O1. The van der Waals surface area contributed by atoms with E-state index in [4.69, 9.17) is 14.2 Å². The van der Waals surface area contributed by atoms with E-state index in [1.54, 1.807) is 0 Å². The van der Waals surface area contributed by atoms with Gasteiger partial charge in [-0.3, -0.25) is 0 Å². The third kappa shape index (κ3) is 5.50. The summed E-state index contributed by atoms with van der Waals surface area (Å²) < 4.78 is 16.5. The van der Waals surface area contributed by atoms with Gasteiger partial charge < -0.3 is 14.2 Å². The van der Waals surface area contributed by atoms with E-state index in [-0.39, 0.29) is 12.4 Å². The average molecular weight is 216 g/mol. The molecule has 1 rings (SSSR count). The molecular formula is C12H24O3. The van der Waals surface area contributed by atoms with Gasteiger partial charge in [-0.25, -0.2) is 0 Å². The lowest BCUT2D eigenvalue weighted by Gasteiger charge is -2.11. The van der Waals surface area contributed by atoms with Crippen molar-refractivity contribution >= 4 is 0 Å². The van der Waals surface area contributed by atoms with Crippen LogP contribution in [0.3, 0.4) is 0 Å². The van der Waals surface area contributed by atoms with E-state index in [0.29, 0.717) is 13.2 Å². The van der Waals surface area contributed by atoms with Gasteiger partial charge in [0.15, 0.2) is 6.29 Å². The van der Waals surface area contributed by atoms with Crippen LogP contribution in [0.15, 0.2) is 0 Å². The van der Waals surface area contributed by atoms with Gasteiger partial charge >= 0.3 is 0 Å². The van der Waals surface area contributed by atoms with Gasteiger partial charge in [0.25, 0.3) is 0 Å². The molecule has 0 saturated carbocycles. The van der Waals surface area contributed by atoms with Crippen LogP contribution in [0.1, 0.15) is 46.0 Å². The molecule has 0 unspecified atom stereocenters. The van der Waals surface area contributed by atoms with Crippen molar-refractivity contribution in [3.05, 3.63) is 0 Å². The van der Waals surface area contributed by atoms with Crippen LogP contribution in [0.2, 0.25) is 0 Å². The highest BCUT2D eigenvalue weighted by atomic mass is 16.7. The van der Waals surface area contributed by atoms with Crippen molar-refractivity contribution < 1.29 is 14.2 Å². The fourth-order valence-corrected chi connectivity index (χ4v) is 1.73. The molecule has 90 valence electrons. The minimum atomic E-state index is 0.0207. The molecule has 2 atom stereocenters. The molecule has 15 heavy (non-hydrogen) atoms. The van der Waals surface area contributed by atoms with Gasteiger partial charge in [-0.1, -0.05) is 26.2 Å². The summed E-state index contributed by atoms with van der Waals surface area (Å²) in [6.45, 7) is 6.33. The first kappa shape index (κ1) is 12.9. The quantitative estimate of drug-likeness (QED) is 0.584. The van der Waals surface area contributed by atoms with Crippen LogP contribution >= 0.6 is 0 Å². The lowest BCUT2D eigenvalue weighted by atomic mass is 10.1. The summed E-state index contributed by atoms with van der Waals surface area (Å²) in [6, 6.07) is 0. The summed E-state index contributed by atoms with van der Waals surface area (Å²) in [5.41, 5.74) is 0. The smallest absolute Gasteiger partial charge is 0.158 e. The molecule has 0 aliphatic carbocycles. The summed E-state index contributed by atoms with van der Waals surface area (Å²) in [6.07, 6.45) is 6.29. The number of rotatable bonds is 8. The van der Waals surface area contributed by atoms with Crippen LogP contribution in [0.4, 0.5) is 0 Å². The molecule has 1 heterocycles. The van der Waals surface area contributed by atoms with Crippen LogP contribution in [-0.2, 0) is 14.2 Å². The molecule has 3 heteroatoms. The van der Waals surface area contributed by atoms with Crippen molar-refractivity contribution in [3.8, 4) is 0 Å². The second kappa shape index (κ2) is 8.08. The van der Waals surface area contributed by atoms with Gasteiger partial charge in [0, 0.05) is 6.61 Å². The van der Waals surface area contributed by atoms with Gasteiger partial charge in [0.1, 0.15) is 6.10 Å². The summed E-state index contributed by atoms with van der Waals surface area (Å²) >= 11 is 0. The van der Waals surface area contributed by atoms with Crippen LogP contribution in [-0.4, -0.2) is 32.2 Å². The Morgan fingerprint density at radius 2 is 2.07 bits per heavy atom. The Bertz CT molecular complexity index is 150. The summed E-state index contributed by atoms with van der Waals surface area (Å²) in [5, 5.41) is 0. The molecular weight excluding hydrogens is 192 g/mol. The fraction of sp³-hybridized carbons (Fsp3) is 1.00. The highest BCUT2D eigenvalue weighted by molar-refractivity contribution is 4.64. The highest BCUT2D eigenvalue weighted by Crippen LogP contribution is 2.17. The predicted molar refractivity (Wildman–Crippen MR) is 59.9 cm³/mol. The second-order valence-electron chi connectivity index (χ2n) is 4.03. The Balaban J connectivity index is 1.98. The maximum atomic E-state index is 5.70. The van der Waals surface area contributed by atoms with Crippen molar-refractivity contribution in [1.82, 2.24) is 0 Å². The molecule has 0 aromatic rings. The van der Waals surface area contributed by atoms with E-state index >= 15 is 0 Å². The first-order valence-electron chi connectivity index (χ1n) is 6.21. The van der Waals surface area contributed by atoms with E-state index in [1.807, 2.05) is 6.92 Å². The number of unbranched alkanes of at least 4 members (excludes halogenated alkanes) is 3. The number of hydrogen-bond acceptors (Lipinski definition) is 3. The van der Waals surface area contributed by atoms with Crippen LogP contribution in [0.25, 0.3) is 0 Å². The predicted octanol–water partition coefficient (Wildman–Crippen LogP) is 2.73. The minimum absolute atomic E-state index is 0.0207. The highest BCUT2D eigenvalue weighted by Gasteiger charge is 2.25. The first-order chi connectivity index (χ1) is 7.36. The molecule has 0 bridgehead atoms. The topological polar surface area (TPSA) is 27.7 Å². The normalized spacial score (nSPS) is 26.0. The van der Waals surface area contributed by atoms with Crippen molar-refractivity contribution in [2.24, 2.45) is 0 Å². The zero-order valence-corrected chi connectivity index (χ0v) is 10.0. The van der Waals surface area contributed by atoms with Gasteiger partial charge in [-0.15, -0.1) is 0 Å². The molecule has 0 aromatic carbocycles. The Labute approximate surface area is 93.1 Å². The standard InChI is InChI=1S/C12H24O3/c1-3-5-6-7-8-12-14-10-11(15-12)9-13-4-2/h11-12H,3-10H2,1-2H3/t11-,12-/m0/s1. The van der Waals surface area contributed by atoms with Crippen LogP contribution < -0.4 is 0 Å². The Morgan fingerprint density at radius 3 is 2.80 bits per heavy atom. The Hall–Kier alpha value is -0.120. The molecule has 0 aromatic heterocycles. The van der Waals surface area contributed by atoms with E-state index < -0.39 is 0 Å². The molecule has 0 amide bonds. The number of hydrogen-bond donors (Lipinski definition) is 0. The monoisotopic (exact) mass is 216 g/mol. The van der Waals surface area contributed by atoms with Crippen molar-refractivity contribution in [2.75, 3.05) is 19.8 Å². The Morgan fingerprint density at radius 1 is 1.20 bits per heavy atom. The van der Waals surface area contributed by atoms with Gasteiger partial charge in [-0.2, -0.15) is 0 Å². The molecule has 1 aliphatic rings. The zero-order valence-electron chi connectivity index (χ0n) is 10.0. The third-order valence-corrected chi connectivity index (χ3v) is 2.61. The van der Waals surface area contributed by atoms with Gasteiger partial charge in [0.2, 0.25) is 0 Å². The van der Waals surface area contributed by atoms with E-state index in [2.05, 4.69) is 6.92 Å². The molecule has 0 radical (unpaired) electrons. The van der Waals surface area contributed by atoms with Crippen molar-refractivity contribution in [2.45, 2.75) is 58.3 Å².